The lowest BCUT2D eigenvalue weighted by Crippen LogP contribution is -2.41. The fraction of sp³-hybridized carbons (Fsp3) is 0.750. The van der Waals surface area contributed by atoms with E-state index in [2.05, 4.69) is 52.0 Å². The van der Waals surface area contributed by atoms with Crippen molar-refractivity contribution in [2.75, 3.05) is 33.4 Å². The summed E-state index contributed by atoms with van der Waals surface area (Å²) in [6.45, 7) is 16.4. The third-order valence-corrected chi connectivity index (χ3v) is 7.28. The first-order chi connectivity index (χ1) is 16.8. The Hall–Kier alpha value is -1.61. The summed E-state index contributed by atoms with van der Waals surface area (Å²) < 4.78 is 23.0. The minimum atomic E-state index is -0.412. The Morgan fingerprint density at radius 3 is 2.14 bits per heavy atom. The monoisotopic (exact) mass is 505 g/mol. The standard InChI is InChI=1S/C28H48BNO6/c1-26(2,3)24(31)13-10-21-34-25(32)30(19-11-20-33-8)18-9-12-22-14-16-23(17-15-22)29-35-27(4,5)28(6,7)36-29/h14-17,24,31H,9-13,18-21H2,1-8H3. The second kappa shape index (κ2) is 13.3. The SMILES string of the molecule is COCCCN(CCCc1ccc(B2OC(C)(C)C(C)(C)O2)cc1)C(=O)OCCCC(O)C(C)(C)C. The number of aliphatic hydroxyl groups is 1. The van der Waals surface area contributed by atoms with Crippen LogP contribution in [0.3, 0.4) is 0 Å². The van der Waals surface area contributed by atoms with E-state index in [1.54, 1.807) is 12.0 Å². The molecule has 0 aromatic heterocycles. The minimum absolute atomic E-state index is 0.168. The molecule has 7 nitrogen and oxygen atoms in total. The van der Waals surface area contributed by atoms with Gasteiger partial charge in [0.15, 0.2) is 0 Å². The van der Waals surface area contributed by atoms with Gasteiger partial charge < -0.3 is 28.8 Å². The third kappa shape index (κ3) is 9.05. The topological polar surface area (TPSA) is 77.5 Å². The summed E-state index contributed by atoms with van der Waals surface area (Å²) in [4.78, 5) is 14.5. The first-order valence-corrected chi connectivity index (χ1v) is 13.3. The van der Waals surface area contributed by atoms with E-state index in [0.29, 0.717) is 39.1 Å². The van der Waals surface area contributed by atoms with Crippen molar-refractivity contribution in [2.45, 2.75) is 97.9 Å². The smallest absolute Gasteiger partial charge is 0.449 e. The molecule has 1 heterocycles. The molecule has 1 amide bonds. The lowest BCUT2D eigenvalue weighted by atomic mass is 9.78. The molecule has 1 aromatic carbocycles. The number of nitrogens with zero attached hydrogens (tertiary/aromatic N) is 1. The van der Waals surface area contributed by atoms with Crippen LogP contribution in [0, 0.1) is 5.41 Å². The van der Waals surface area contributed by atoms with Gasteiger partial charge in [0.25, 0.3) is 0 Å². The normalized spacial score (nSPS) is 17.8. The summed E-state index contributed by atoms with van der Waals surface area (Å²) in [6, 6.07) is 8.34. The molecule has 1 N–H and O–H groups in total. The summed E-state index contributed by atoms with van der Waals surface area (Å²) in [6.07, 6.45) is 3.00. The molecule has 8 heteroatoms. The second-order valence-corrected chi connectivity index (χ2v) is 11.9. The van der Waals surface area contributed by atoms with Crippen LogP contribution in [-0.4, -0.2) is 73.9 Å². The van der Waals surface area contributed by atoms with Gasteiger partial charge in [-0.05, 0) is 76.2 Å². The highest BCUT2D eigenvalue weighted by Crippen LogP contribution is 2.36. The Morgan fingerprint density at radius 1 is 1.00 bits per heavy atom. The van der Waals surface area contributed by atoms with E-state index in [-0.39, 0.29) is 29.8 Å². The number of aliphatic hydroxyl groups excluding tert-OH is 1. The van der Waals surface area contributed by atoms with E-state index in [1.165, 1.54) is 5.56 Å². The average Bonchev–Trinajstić information content (AvgIpc) is 3.02. The summed E-state index contributed by atoms with van der Waals surface area (Å²) >= 11 is 0. The van der Waals surface area contributed by atoms with E-state index in [1.807, 2.05) is 20.8 Å². The molecule has 1 fully saturated rings. The number of hydrogen-bond donors (Lipinski definition) is 1. The number of aryl methyl sites for hydroxylation is 1. The van der Waals surface area contributed by atoms with Gasteiger partial charge in [0.05, 0.1) is 23.9 Å². The summed E-state index contributed by atoms with van der Waals surface area (Å²) in [7, 11) is 1.30. The fourth-order valence-electron chi connectivity index (χ4n) is 3.95. The van der Waals surface area contributed by atoms with Crippen molar-refractivity contribution in [1.29, 1.82) is 0 Å². The van der Waals surface area contributed by atoms with Crippen molar-refractivity contribution in [1.82, 2.24) is 4.90 Å². The number of ether oxygens (including phenoxy) is 2. The zero-order valence-corrected chi connectivity index (χ0v) is 23.8. The molecule has 0 radical (unpaired) electrons. The zero-order valence-electron chi connectivity index (χ0n) is 23.8. The molecular formula is C28H48BNO6. The molecule has 0 saturated carbocycles. The molecule has 1 saturated heterocycles. The van der Waals surface area contributed by atoms with Crippen LogP contribution in [0.25, 0.3) is 0 Å². The number of amides is 1. The molecule has 204 valence electrons. The highest BCUT2D eigenvalue weighted by Gasteiger charge is 2.51. The largest absolute Gasteiger partial charge is 0.494 e. The first-order valence-electron chi connectivity index (χ1n) is 13.3. The second-order valence-electron chi connectivity index (χ2n) is 11.9. The summed E-state index contributed by atoms with van der Waals surface area (Å²) in [5.41, 5.74) is 1.33. The molecule has 2 rings (SSSR count). The maximum Gasteiger partial charge on any atom is 0.494 e. The van der Waals surface area contributed by atoms with E-state index in [9.17, 15) is 9.90 Å². The van der Waals surface area contributed by atoms with Crippen LogP contribution in [0.4, 0.5) is 4.79 Å². The molecule has 1 aliphatic rings. The highest BCUT2D eigenvalue weighted by atomic mass is 16.7. The van der Waals surface area contributed by atoms with Gasteiger partial charge in [-0.1, -0.05) is 45.0 Å². The molecule has 1 unspecified atom stereocenters. The summed E-state index contributed by atoms with van der Waals surface area (Å²) in [5.74, 6) is 0. The minimum Gasteiger partial charge on any atom is -0.449 e. The Bertz CT molecular complexity index is 789. The van der Waals surface area contributed by atoms with E-state index in [4.69, 9.17) is 18.8 Å². The van der Waals surface area contributed by atoms with E-state index < -0.39 is 6.10 Å². The van der Waals surface area contributed by atoms with Gasteiger partial charge in [-0.15, -0.1) is 0 Å². The molecule has 1 aromatic rings. The molecule has 0 spiro atoms. The van der Waals surface area contributed by atoms with Crippen LogP contribution in [0.2, 0.25) is 0 Å². The van der Waals surface area contributed by atoms with Crippen LogP contribution in [0.1, 0.15) is 79.7 Å². The van der Waals surface area contributed by atoms with Crippen molar-refractivity contribution in [3.05, 3.63) is 29.8 Å². The molecule has 36 heavy (non-hydrogen) atoms. The number of carbonyl (C=O) groups excluding carboxylic acids is 1. The number of rotatable bonds is 13. The number of methoxy groups -OCH3 is 1. The van der Waals surface area contributed by atoms with Crippen molar-refractivity contribution in [3.63, 3.8) is 0 Å². The average molecular weight is 506 g/mol. The third-order valence-electron chi connectivity index (χ3n) is 7.28. The first kappa shape index (κ1) is 30.6. The van der Waals surface area contributed by atoms with Gasteiger partial charge in [0, 0.05) is 26.8 Å². The maximum absolute atomic E-state index is 12.7. The van der Waals surface area contributed by atoms with Gasteiger partial charge in [-0.25, -0.2) is 4.79 Å². The number of carbonyl (C=O) groups is 1. The van der Waals surface area contributed by atoms with Gasteiger partial charge in [0.2, 0.25) is 0 Å². The Balaban J connectivity index is 1.82. The van der Waals surface area contributed by atoms with Gasteiger partial charge in [-0.3, -0.25) is 0 Å². The van der Waals surface area contributed by atoms with Crippen LogP contribution in [0.5, 0.6) is 0 Å². The number of hydrogen-bond acceptors (Lipinski definition) is 6. The zero-order chi connectivity index (χ0) is 27.0. The molecule has 0 aliphatic carbocycles. The van der Waals surface area contributed by atoms with Crippen molar-refractivity contribution in [2.24, 2.45) is 5.41 Å². The van der Waals surface area contributed by atoms with Gasteiger partial charge in [0.1, 0.15) is 0 Å². The maximum atomic E-state index is 12.7. The van der Waals surface area contributed by atoms with Crippen LogP contribution in [-0.2, 0) is 25.2 Å². The van der Waals surface area contributed by atoms with E-state index in [0.717, 1.165) is 24.7 Å². The number of benzene rings is 1. The lowest BCUT2D eigenvalue weighted by Gasteiger charge is -2.32. The van der Waals surface area contributed by atoms with Gasteiger partial charge in [-0.2, -0.15) is 0 Å². The predicted molar refractivity (Wildman–Crippen MR) is 145 cm³/mol. The molecule has 1 aliphatic heterocycles. The Kier molecular flexibility index (Phi) is 11.3. The fourth-order valence-corrected chi connectivity index (χ4v) is 3.95. The lowest BCUT2D eigenvalue weighted by molar-refractivity contribution is 0.00578. The van der Waals surface area contributed by atoms with Crippen LogP contribution in [0.15, 0.2) is 24.3 Å². The Morgan fingerprint density at radius 2 is 1.58 bits per heavy atom. The molecular weight excluding hydrogens is 457 g/mol. The molecule has 1 atom stereocenters. The van der Waals surface area contributed by atoms with Crippen LogP contribution >= 0.6 is 0 Å². The highest BCUT2D eigenvalue weighted by molar-refractivity contribution is 6.62. The van der Waals surface area contributed by atoms with Crippen molar-refractivity contribution >= 4 is 18.7 Å². The molecule has 0 bridgehead atoms. The van der Waals surface area contributed by atoms with Crippen molar-refractivity contribution in [3.8, 4) is 0 Å². The Labute approximate surface area is 219 Å². The predicted octanol–water partition coefficient (Wildman–Crippen LogP) is 4.58. The quantitative estimate of drug-likeness (QED) is 0.312. The van der Waals surface area contributed by atoms with Crippen LogP contribution < -0.4 is 5.46 Å². The van der Waals surface area contributed by atoms with E-state index >= 15 is 0 Å². The van der Waals surface area contributed by atoms with Gasteiger partial charge >= 0.3 is 13.2 Å². The summed E-state index contributed by atoms with van der Waals surface area (Å²) in [5, 5.41) is 10.2. The van der Waals surface area contributed by atoms with Crippen molar-refractivity contribution < 1.29 is 28.7 Å².